The fraction of sp³-hybridized carbons (Fsp3) is 0.235. The van der Waals surface area contributed by atoms with E-state index < -0.39 is 0 Å². The van der Waals surface area contributed by atoms with Gasteiger partial charge in [-0.05, 0) is 18.1 Å². The fourth-order valence-corrected chi connectivity index (χ4v) is 1.92. The van der Waals surface area contributed by atoms with Gasteiger partial charge >= 0.3 is 0 Å². The summed E-state index contributed by atoms with van der Waals surface area (Å²) in [5, 5.41) is 2.74. The largest absolute Gasteiger partial charge is 0.351 e. The average Bonchev–Trinajstić information content (AvgIpc) is 2.55. The van der Waals surface area contributed by atoms with Crippen molar-refractivity contribution in [2.75, 3.05) is 6.54 Å². The molecule has 0 aliphatic carbocycles. The molecule has 0 fully saturated rings. The molecule has 0 aliphatic rings. The van der Waals surface area contributed by atoms with Crippen LogP contribution in [0, 0.1) is 0 Å². The standard InChI is InChI=1S/C17H19N3O2/c1-2-15-12-17(22)20(13-19-15)11-10-18-16(21)9-8-14-6-4-3-5-7-14/h3-9,12-13H,2,10-11H2,1H3,(H,18,21)/b9-8+. The molecule has 5 heteroatoms. The first-order chi connectivity index (χ1) is 10.7. The van der Waals surface area contributed by atoms with Crippen LogP contribution >= 0.6 is 0 Å². The second kappa shape index (κ2) is 7.93. The summed E-state index contributed by atoms with van der Waals surface area (Å²) in [4.78, 5) is 27.6. The SMILES string of the molecule is CCc1cc(=O)n(CCNC(=O)/C=C/c2ccccc2)cn1. The molecule has 0 aliphatic heterocycles. The fourth-order valence-electron chi connectivity index (χ4n) is 1.92. The minimum Gasteiger partial charge on any atom is -0.351 e. The van der Waals surface area contributed by atoms with E-state index in [4.69, 9.17) is 0 Å². The predicted molar refractivity (Wildman–Crippen MR) is 86.4 cm³/mol. The minimum absolute atomic E-state index is 0.0964. The summed E-state index contributed by atoms with van der Waals surface area (Å²) in [7, 11) is 0. The second-order valence-electron chi connectivity index (χ2n) is 4.80. The van der Waals surface area contributed by atoms with Crippen LogP contribution in [0.2, 0.25) is 0 Å². The van der Waals surface area contributed by atoms with Gasteiger partial charge in [-0.3, -0.25) is 14.2 Å². The van der Waals surface area contributed by atoms with E-state index in [9.17, 15) is 9.59 Å². The van der Waals surface area contributed by atoms with Crippen LogP contribution in [0.4, 0.5) is 0 Å². The molecule has 1 amide bonds. The first-order valence-corrected chi connectivity index (χ1v) is 7.25. The molecule has 2 aromatic rings. The Bertz CT molecular complexity index is 705. The summed E-state index contributed by atoms with van der Waals surface area (Å²) in [6.45, 7) is 2.73. The Morgan fingerprint density at radius 3 is 2.77 bits per heavy atom. The summed E-state index contributed by atoms with van der Waals surface area (Å²) < 4.78 is 1.49. The molecule has 0 unspecified atom stereocenters. The van der Waals surface area contributed by atoms with Gasteiger partial charge in [0, 0.05) is 30.9 Å². The molecule has 114 valence electrons. The van der Waals surface area contributed by atoms with E-state index in [0.29, 0.717) is 13.1 Å². The van der Waals surface area contributed by atoms with Gasteiger partial charge in [0.1, 0.15) is 0 Å². The number of carbonyl (C=O) groups is 1. The smallest absolute Gasteiger partial charge is 0.253 e. The zero-order valence-corrected chi connectivity index (χ0v) is 12.5. The second-order valence-corrected chi connectivity index (χ2v) is 4.80. The van der Waals surface area contributed by atoms with Crippen molar-refractivity contribution in [1.29, 1.82) is 0 Å². The van der Waals surface area contributed by atoms with Crippen LogP contribution < -0.4 is 10.9 Å². The molecule has 1 aromatic heterocycles. The number of aryl methyl sites for hydroxylation is 1. The van der Waals surface area contributed by atoms with Gasteiger partial charge in [0.05, 0.1) is 6.33 Å². The summed E-state index contributed by atoms with van der Waals surface area (Å²) in [6.07, 6.45) is 5.49. The molecule has 5 nitrogen and oxygen atoms in total. The van der Waals surface area contributed by atoms with E-state index in [1.165, 1.54) is 23.0 Å². The Balaban J connectivity index is 1.82. The van der Waals surface area contributed by atoms with E-state index in [0.717, 1.165) is 17.7 Å². The van der Waals surface area contributed by atoms with E-state index in [-0.39, 0.29) is 11.5 Å². The van der Waals surface area contributed by atoms with Crippen molar-refractivity contribution in [3.8, 4) is 0 Å². The molecule has 0 atom stereocenters. The maximum atomic E-state index is 11.8. The quantitative estimate of drug-likeness (QED) is 0.824. The number of carbonyl (C=O) groups excluding carboxylic acids is 1. The van der Waals surface area contributed by atoms with Crippen molar-refractivity contribution in [1.82, 2.24) is 14.9 Å². The van der Waals surface area contributed by atoms with Gasteiger partial charge in [0.2, 0.25) is 5.91 Å². The molecule has 1 N–H and O–H groups in total. The number of amides is 1. The van der Waals surface area contributed by atoms with E-state index in [1.54, 1.807) is 6.08 Å². The minimum atomic E-state index is -0.185. The van der Waals surface area contributed by atoms with E-state index in [1.807, 2.05) is 37.3 Å². The topological polar surface area (TPSA) is 64.0 Å². The lowest BCUT2D eigenvalue weighted by Gasteiger charge is -2.06. The normalized spacial score (nSPS) is 10.8. The van der Waals surface area contributed by atoms with Crippen LogP contribution in [-0.4, -0.2) is 22.0 Å². The average molecular weight is 297 g/mol. The third-order valence-corrected chi connectivity index (χ3v) is 3.18. The third kappa shape index (κ3) is 4.70. The molecule has 0 radical (unpaired) electrons. The summed E-state index contributed by atoms with van der Waals surface area (Å²) in [5.74, 6) is -0.185. The Labute approximate surface area is 129 Å². The van der Waals surface area contributed by atoms with Gasteiger partial charge in [-0.15, -0.1) is 0 Å². The number of hydrogen-bond donors (Lipinski definition) is 1. The van der Waals surface area contributed by atoms with Gasteiger partial charge in [-0.2, -0.15) is 0 Å². The highest BCUT2D eigenvalue weighted by atomic mass is 16.1. The van der Waals surface area contributed by atoms with Crippen molar-refractivity contribution >= 4 is 12.0 Å². The van der Waals surface area contributed by atoms with Crippen LogP contribution in [0.3, 0.4) is 0 Å². The van der Waals surface area contributed by atoms with Gasteiger partial charge in [-0.25, -0.2) is 4.98 Å². The predicted octanol–water partition coefficient (Wildman–Crippen LogP) is 1.64. The third-order valence-electron chi connectivity index (χ3n) is 3.18. The number of nitrogens with one attached hydrogen (secondary N) is 1. The molecule has 22 heavy (non-hydrogen) atoms. The highest BCUT2D eigenvalue weighted by Crippen LogP contribution is 2.00. The molecular weight excluding hydrogens is 278 g/mol. The molecule has 0 saturated heterocycles. The lowest BCUT2D eigenvalue weighted by atomic mass is 10.2. The van der Waals surface area contributed by atoms with Crippen molar-refractivity contribution in [2.24, 2.45) is 0 Å². The van der Waals surface area contributed by atoms with E-state index in [2.05, 4.69) is 10.3 Å². The summed E-state index contributed by atoms with van der Waals surface area (Å²) in [5.41, 5.74) is 1.64. The molecule has 0 saturated carbocycles. The monoisotopic (exact) mass is 297 g/mol. The highest BCUT2D eigenvalue weighted by Gasteiger charge is 2.00. The van der Waals surface area contributed by atoms with Crippen LogP contribution in [0.5, 0.6) is 0 Å². The molecule has 1 heterocycles. The molecular formula is C17H19N3O2. The number of aromatic nitrogens is 2. The van der Waals surface area contributed by atoms with Crippen molar-refractivity contribution < 1.29 is 4.79 Å². The Morgan fingerprint density at radius 1 is 1.32 bits per heavy atom. The van der Waals surface area contributed by atoms with Crippen molar-refractivity contribution in [3.05, 3.63) is 70.4 Å². The maximum absolute atomic E-state index is 11.8. The summed E-state index contributed by atoms with van der Waals surface area (Å²) >= 11 is 0. The first kappa shape index (κ1) is 15.7. The first-order valence-electron chi connectivity index (χ1n) is 7.25. The Hall–Kier alpha value is -2.69. The van der Waals surface area contributed by atoms with Crippen molar-refractivity contribution in [3.63, 3.8) is 0 Å². The van der Waals surface area contributed by atoms with Gasteiger partial charge < -0.3 is 5.32 Å². The number of benzene rings is 1. The van der Waals surface area contributed by atoms with Crippen LogP contribution in [0.1, 0.15) is 18.2 Å². The van der Waals surface area contributed by atoms with Crippen molar-refractivity contribution in [2.45, 2.75) is 19.9 Å². The van der Waals surface area contributed by atoms with E-state index >= 15 is 0 Å². The molecule has 1 aromatic carbocycles. The number of hydrogen-bond acceptors (Lipinski definition) is 3. The Morgan fingerprint density at radius 2 is 2.09 bits per heavy atom. The zero-order valence-electron chi connectivity index (χ0n) is 12.5. The van der Waals surface area contributed by atoms with Gasteiger partial charge in [0.25, 0.3) is 5.56 Å². The highest BCUT2D eigenvalue weighted by molar-refractivity contribution is 5.91. The number of nitrogens with zero attached hydrogens (tertiary/aromatic N) is 2. The number of rotatable bonds is 6. The molecule has 0 spiro atoms. The lowest BCUT2D eigenvalue weighted by Crippen LogP contribution is -2.30. The van der Waals surface area contributed by atoms with Crippen LogP contribution in [-0.2, 0) is 17.8 Å². The zero-order chi connectivity index (χ0) is 15.8. The lowest BCUT2D eigenvalue weighted by molar-refractivity contribution is -0.116. The van der Waals surface area contributed by atoms with Gasteiger partial charge in [-0.1, -0.05) is 37.3 Å². The summed E-state index contributed by atoms with van der Waals surface area (Å²) in [6, 6.07) is 11.1. The molecule has 2 rings (SSSR count). The maximum Gasteiger partial charge on any atom is 0.253 e. The van der Waals surface area contributed by atoms with Gasteiger partial charge in [0.15, 0.2) is 0 Å². The Kier molecular flexibility index (Phi) is 5.65. The van der Waals surface area contributed by atoms with Crippen LogP contribution in [0.25, 0.3) is 6.08 Å². The molecule has 0 bridgehead atoms. The van der Waals surface area contributed by atoms with Crippen LogP contribution in [0.15, 0.2) is 53.6 Å².